The number of amides is 1. The van der Waals surface area contributed by atoms with E-state index >= 15 is 0 Å². The Bertz CT molecular complexity index is 1080. The maximum atomic E-state index is 12.1. The van der Waals surface area contributed by atoms with Crippen molar-refractivity contribution in [1.29, 1.82) is 0 Å². The van der Waals surface area contributed by atoms with Crippen LogP contribution in [-0.2, 0) is 11.3 Å². The Morgan fingerprint density at radius 2 is 1.76 bits per heavy atom. The molecule has 206 valence electrons. The molecule has 2 aliphatic heterocycles. The third-order valence-corrected chi connectivity index (χ3v) is 8.28. The smallest absolute Gasteiger partial charge is 0.415 e. The van der Waals surface area contributed by atoms with Gasteiger partial charge in [0.15, 0.2) is 0 Å². The largest absolute Gasteiger partial charge is 0.444 e. The van der Waals surface area contributed by atoms with Crippen molar-refractivity contribution < 1.29 is 9.53 Å². The van der Waals surface area contributed by atoms with Crippen LogP contribution in [0.3, 0.4) is 0 Å². The molecule has 1 aliphatic carbocycles. The van der Waals surface area contributed by atoms with Crippen molar-refractivity contribution in [3.63, 3.8) is 0 Å². The Kier molecular flexibility index (Phi) is 8.48. The Morgan fingerprint density at radius 3 is 2.42 bits per heavy atom. The number of cyclic esters (lactones) is 1. The second-order valence-electron chi connectivity index (χ2n) is 11.6. The van der Waals surface area contributed by atoms with Gasteiger partial charge in [-0.05, 0) is 56.2 Å². The first-order valence-corrected chi connectivity index (χ1v) is 14.5. The van der Waals surface area contributed by atoms with Gasteiger partial charge >= 0.3 is 6.09 Å². The van der Waals surface area contributed by atoms with Crippen LogP contribution in [0.1, 0.15) is 82.2 Å². The maximum absolute atomic E-state index is 12.1. The topological polar surface area (TPSA) is 73.8 Å². The van der Waals surface area contributed by atoms with E-state index in [0.29, 0.717) is 24.4 Å². The van der Waals surface area contributed by atoms with Crippen LogP contribution in [0.15, 0.2) is 30.5 Å². The van der Waals surface area contributed by atoms with E-state index in [0.717, 1.165) is 30.5 Å². The zero-order valence-electron chi connectivity index (χ0n) is 23.5. The molecule has 3 aliphatic rings. The molecule has 1 saturated heterocycles. The summed E-state index contributed by atoms with van der Waals surface area (Å²) in [5, 5.41) is 3.43. The predicted molar refractivity (Wildman–Crippen MR) is 151 cm³/mol. The number of piperazine rings is 1. The van der Waals surface area contributed by atoms with Crippen LogP contribution in [0.4, 0.5) is 16.6 Å². The molecule has 1 aromatic heterocycles. The molecule has 8 nitrogen and oxygen atoms in total. The lowest BCUT2D eigenvalue weighted by molar-refractivity contribution is 0.0867. The molecule has 8 heteroatoms. The standard InChI is InChI=1S/C30H44N6O2/c1-5-36-28-26(20-38-30(36)37)19-31-29(33-28)32-22(4)24-8-10-25(11-9-24)27(18-23-6-7-23)35-16-14-34(15-17-35)13-12-21(2)3/h8-11,19,21-23,27H,5-7,12-18,20H2,1-4H3,(H,31,32,33)/t22-,27-/m0/s1. The molecule has 0 bridgehead atoms. The third-order valence-electron chi connectivity index (χ3n) is 8.28. The van der Waals surface area contributed by atoms with Crippen molar-refractivity contribution in [3.05, 3.63) is 47.2 Å². The number of hydrogen-bond donors (Lipinski definition) is 1. The Balaban J connectivity index is 1.23. The van der Waals surface area contributed by atoms with Crippen LogP contribution in [0.25, 0.3) is 0 Å². The van der Waals surface area contributed by atoms with Crippen LogP contribution in [0.2, 0.25) is 0 Å². The predicted octanol–water partition coefficient (Wildman–Crippen LogP) is 5.63. The molecular weight excluding hydrogens is 476 g/mol. The van der Waals surface area contributed by atoms with Gasteiger partial charge in [-0.3, -0.25) is 9.80 Å². The second-order valence-corrected chi connectivity index (χ2v) is 11.6. The quantitative estimate of drug-likeness (QED) is 0.412. The minimum Gasteiger partial charge on any atom is -0.444 e. The lowest BCUT2D eigenvalue weighted by Crippen LogP contribution is -2.48. The number of ether oxygens (including phenoxy) is 1. The van der Waals surface area contributed by atoms with E-state index in [1.165, 1.54) is 56.4 Å². The number of anilines is 2. The lowest BCUT2D eigenvalue weighted by Gasteiger charge is -2.40. The van der Waals surface area contributed by atoms with Crippen LogP contribution in [-0.4, -0.2) is 65.1 Å². The van der Waals surface area contributed by atoms with Crippen molar-refractivity contribution in [3.8, 4) is 0 Å². The van der Waals surface area contributed by atoms with Crippen LogP contribution in [0, 0.1) is 11.8 Å². The zero-order chi connectivity index (χ0) is 26.6. The van der Waals surface area contributed by atoms with Gasteiger partial charge in [-0.25, -0.2) is 9.78 Å². The van der Waals surface area contributed by atoms with Crippen molar-refractivity contribution in [2.75, 3.05) is 49.5 Å². The molecule has 38 heavy (non-hydrogen) atoms. The second kappa shape index (κ2) is 12.0. The molecule has 1 aromatic carbocycles. The van der Waals surface area contributed by atoms with Crippen molar-refractivity contribution >= 4 is 17.9 Å². The highest BCUT2D eigenvalue weighted by atomic mass is 16.6. The molecule has 3 heterocycles. The summed E-state index contributed by atoms with van der Waals surface area (Å²) in [4.78, 5) is 28.2. The summed E-state index contributed by atoms with van der Waals surface area (Å²) in [5.41, 5.74) is 3.47. The van der Waals surface area contributed by atoms with Gasteiger partial charge in [-0.15, -0.1) is 0 Å². The summed E-state index contributed by atoms with van der Waals surface area (Å²) >= 11 is 0. The molecular formula is C30H44N6O2. The van der Waals surface area contributed by atoms with Crippen molar-refractivity contribution in [2.24, 2.45) is 11.8 Å². The molecule has 1 amide bonds. The van der Waals surface area contributed by atoms with Gasteiger partial charge in [0.05, 0.1) is 11.6 Å². The van der Waals surface area contributed by atoms with E-state index in [1.54, 1.807) is 11.1 Å². The van der Waals surface area contributed by atoms with Gasteiger partial charge in [-0.2, -0.15) is 4.98 Å². The van der Waals surface area contributed by atoms with E-state index in [2.05, 4.69) is 70.1 Å². The van der Waals surface area contributed by atoms with E-state index < -0.39 is 0 Å². The molecule has 0 radical (unpaired) electrons. The number of aromatic nitrogens is 2. The minimum absolute atomic E-state index is 0.0408. The third kappa shape index (κ3) is 6.46. The van der Waals surface area contributed by atoms with E-state index in [4.69, 9.17) is 4.74 Å². The molecule has 1 N–H and O–H groups in total. The molecule has 5 rings (SSSR count). The highest BCUT2D eigenvalue weighted by molar-refractivity contribution is 5.89. The van der Waals surface area contributed by atoms with E-state index in [-0.39, 0.29) is 18.7 Å². The fraction of sp³-hybridized carbons (Fsp3) is 0.633. The number of nitrogens with one attached hydrogen (secondary N) is 1. The average molecular weight is 521 g/mol. The fourth-order valence-corrected chi connectivity index (χ4v) is 5.57. The first-order valence-electron chi connectivity index (χ1n) is 14.5. The Morgan fingerprint density at radius 1 is 1.05 bits per heavy atom. The van der Waals surface area contributed by atoms with Gasteiger partial charge in [-0.1, -0.05) is 51.0 Å². The van der Waals surface area contributed by atoms with Gasteiger partial charge in [0, 0.05) is 45.0 Å². The summed E-state index contributed by atoms with van der Waals surface area (Å²) in [7, 11) is 0. The SMILES string of the molecule is CCN1C(=O)OCc2cnc(N[C@@H](C)c3ccc([C@H](CC4CC4)N4CCN(CCC(C)C)CC4)cc3)nc21. The van der Waals surface area contributed by atoms with Crippen molar-refractivity contribution in [2.45, 2.75) is 72.1 Å². The van der Waals surface area contributed by atoms with Gasteiger partial charge < -0.3 is 15.0 Å². The number of carbonyl (C=O) groups is 1. The molecule has 1 saturated carbocycles. The number of rotatable bonds is 11. The number of carbonyl (C=O) groups excluding carboxylic acids is 1. The molecule has 0 unspecified atom stereocenters. The summed E-state index contributed by atoms with van der Waals surface area (Å²) in [6.45, 7) is 15.3. The normalized spacial score (nSPS) is 20.2. The first kappa shape index (κ1) is 26.9. The number of nitrogens with zero attached hydrogens (tertiary/aromatic N) is 5. The summed E-state index contributed by atoms with van der Waals surface area (Å²) in [6, 6.07) is 9.71. The highest BCUT2D eigenvalue weighted by Crippen LogP contribution is 2.40. The van der Waals surface area contributed by atoms with Crippen LogP contribution in [0.5, 0.6) is 0 Å². The Labute approximate surface area is 227 Å². The minimum atomic E-state index is -0.356. The van der Waals surface area contributed by atoms with E-state index in [1.807, 2.05) is 6.92 Å². The first-order chi connectivity index (χ1) is 18.4. The maximum Gasteiger partial charge on any atom is 0.415 e. The summed E-state index contributed by atoms with van der Waals surface area (Å²) < 4.78 is 5.21. The van der Waals surface area contributed by atoms with Crippen LogP contribution >= 0.6 is 0 Å². The number of fused-ring (bicyclic) bond motifs is 1. The number of benzene rings is 1. The highest BCUT2D eigenvalue weighted by Gasteiger charge is 2.32. The zero-order valence-corrected chi connectivity index (χ0v) is 23.5. The van der Waals surface area contributed by atoms with Crippen molar-refractivity contribution in [1.82, 2.24) is 19.8 Å². The Hall–Kier alpha value is -2.71. The molecule has 2 aromatic rings. The van der Waals surface area contributed by atoms with Gasteiger partial charge in [0.2, 0.25) is 5.95 Å². The van der Waals surface area contributed by atoms with Crippen LogP contribution < -0.4 is 10.2 Å². The van der Waals surface area contributed by atoms with E-state index in [9.17, 15) is 4.79 Å². The molecule has 2 fully saturated rings. The monoisotopic (exact) mass is 520 g/mol. The summed E-state index contributed by atoms with van der Waals surface area (Å²) in [6.07, 6.45) is 6.74. The number of hydrogen-bond acceptors (Lipinski definition) is 7. The molecule has 0 spiro atoms. The average Bonchev–Trinajstić information content (AvgIpc) is 3.75. The summed E-state index contributed by atoms with van der Waals surface area (Å²) in [5.74, 6) is 2.82. The molecule has 2 atom stereocenters. The lowest BCUT2D eigenvalue weighted by atomic mass is 9.96. The van der Waals surface area contributed by atoms with Gasteiger partial charge in [0.1, 0.15) is 12.4 Å². The fourth-order valence-electron chi connectivity index (χ4n) is 5.57. The van der Waals surface area contributed by atoms with Gasteiger partial charge in [0.25, 0.3) is 0 Å².